The van der Waals surface area contributed by atoms with E-state index >= 15 is 0 Å². The van der Waals surface area contributed by atoms with Crippen LogP contribution in [0.1, 0.15) is 66.3 Å². The first-order valence-electron chi connectivity index (χ1n) is 12.6. The summed E-state index contributed by atoms with van der Waals surface area (Å²) < 4.78 is 56.5. The first-order chi connectivity index (χ1) is 18.8. The number of carboxylic acids is 1. The van der Waals surface area contributed by atoms with Crippen LogP contribution in [0.25, 0.3) is 5.69 Å². The summed E-state index contributed by atoms with van der Waals surface area (Å²) in [5, 5.41) is 33.7. The molecule has 0 saturated heterocycles. The fourth-order valence-corrected chi connectivity index (χ4v) is 4.48. The molecule has 3 N–H and O–H groups in total. The molecule has 2 atom stereocenters. The second-order valence-corrected chi connectivity index (χ2v) is 9.93. The van der Waals surface area contributed by atoms with Crippen molar-refractivity contribution in [2.45, 2.75) is 64.2 Å². The Morgan fingerprint density at radius 3 is 2.23 bits per heavy atom. The number of aliphatic hydroxyl groups is 2. The Morgan fingerprint density at radius 2 is 1.62 bits per heavy atom. The lowest BCUT2D eigenvalue weighted by Crippen LogP contribution is -2.28. The molecule has 3 rings (SSSR count). The Kier molecular flexibility index (Phi) is 10.0. The molecule has 12 heteroatoms. The highest BCUT2D eigenvalue weighted by atomic mass is 19.2. The van der Waals surface area contributed by atoms with E-state index in [0.29, 0.717) is 16.9 Å². The zero-order valence-electron chi connectivity index (χ0n) is 22.2. The van der Waals surface area contributed by atoms with Gasteiger partial charge in [-0.1, -0.05) is 19.9 Å². The van der Waals surface area contributed by atoms with Crippen LogP contribution in [-0.2, 0) is 17.8 Å². The summed E-state index contributed by atoms with van der Waals surface area (Å²) in [7, 11) is 1.36. The molecular weight excluding hydrogens is 534 g/mol. The largest absolute Gasteiger partial charge is 0.481 e. The Hall–Kier alpha value is -3.77. The van der Waals surface area contributed by atoms with Crippen LogP contribution in [-0.4, -0.2) is 61.1 Å². The number of aliphatic carboxylic acids is 1. The maximum atomic E-state index is 14.3. The molecule has 8 nitrogen and oxygen atoms in total. The van der Waals surface area contributed by atoms with Gasteiger partial charge >= 0.3 is 5.97 Å². The standard InChI is InChI=1S/C28H31F4N3O5/c1-15(2)24-22(11-9-19(36)12-20(37)13-23(38)39)35(18-7-5-17(29)6-8-18)33-27(24)28(40)34(3)14-16-4-10-21(30)26(32)25(16)31/h4-8,10,15,19-20,36-37H,9,11-14H2,1-3H3,(H,38,39)/t19-,20-/m1/s1. The van der Waals surface area contributed by atoms with Gasteiger partial charge in [0.05, 0.1) is 24.3 Å². The van der Waals surface area contributed by atoms with E-state index in [-0.39, 0.29) is 43.0 Å². The van der Waals surface area contributed by atoms with Gasteiger partial charge in [-0.05, 0) is 55.5 Å². The highest BCUT2D eigenvalue weighted by Crippen LogP contribution is 2.29. The molecule has 0 saturated carbocycles. The number of rotatable bonds is 12. The molecule has 0 fully saturated rings. The first kappa shape index (κ1) is 30.8. The molecule has 1 amide bonds. The van der Waals surface area contributed by atoms with Crippen molar-refractivity contribution in [1.29, 1.82) is 0 Å². The number of hydrogen-bond acceptors (Lipinski definition) is 5. The summed E-state index contributed by atoms with van der Waals surface area (Å²) >= 11 is 0. The number of nitrogens with zero attached hydrogens (tertiary/aromatic N) is 3. The quantitative estimate of drug-likeness (QED) is 0.222. The van der Waals surface area contributed by atoms with Gasteiger partial charge in [-0.2, -0.15) is 5.10 Å². The third kappa shape index (κ3) is 7.24. The average molecular weight is 566 g/mol. The Labute approximate surface area is 228 Å². The zero-order valence-corrected chi connectivity index (χ0v) is 22.2. The highest BCUT2D eigenvalue weighted by Gasteiger charge is 2.29. The lowest BCUT2D eigenvalue weighted by atomic mass is 9.95. The summed E-state index contributed by atoms with van der Waals surface area (Å²) in [4.78, 5) is 25.5. The van der Waals surface area contributed by atoms with Crippen molar-refractivity contribution in [2.75, 3.05) is 7.05 Å². The van der Waals surface area contributed by atoms with E-state index in [2.05, 4.69) is 5.10 Å². The minimum absolute atomic E-state index is 0.000202. The third-order valence-electron chi connectivity index (χ3n) is 6.41. The summed E-state index contributed by atoms with van der Waals surface area (Å²) in [6.07, 6.45) is -2.76. The minimum atomic E-state index is -1.64. The predicted molar refractivity (Wildman–Crippen MR) is 137 cm³/mol. The molecule has 0 radical (unpaired) electrons. The van der Waals surface area contributed by atoms with Gasteiger partial charge in [-0.3, -0.25) is 9.59 Å². The second kappa shape index (κ2) is 13.1. The van der Waals surface area contributed by atoms with Crippen LogP contribution in [0.5, 0.6) is 0 Å². The fourth-order valence-electron chi connectivity index (χ4n) is 4.48. The topological polar surface area (TPSA) is 116 Å². The molecule has 1 aromatic heterocycles. The lowest BCUT2D eigenvalue weighted by molar-refractivity contribution is -0.139. The Balaban J connectivity index is 1.98. The number of carbonyl (C=O) groups is 2. The van der Waals surface area contributed by atoms with E-state index in [1.165, 1.54) is 36.0 Å². The maximum Gasteiger partial charge on any atom is 0.305 e. The van der Waals surface area contributed by atoms with Crippen LogP contribution in [0, 0.1) is 23.3 Å². The van der Waals surface area contributed by atoms with Gasteiger partial charge in [0.1, 0.15) is 5.82 Å². The molecule has 0 aliphatic rings. The third-order valence-corrected chi connectivity index (χ3v) is 6.41. The number of halogens is 4. The normalized spacial score (nSPS) is 12.9. The monoisotopic (exact) mass is 565 g/mol. The van der Waals surface area contributed by atoms with Crippen LogP contribution >= 0.6 is 0 Å². The first-order valence-corrected chi connectivity index (χ1v) is 12.6. The molecule has 0 spiro atoms. The molecule has 1 heterocycles. The number of aliphatic hydroxyl groups excluding tert-OH is 2. The van der Waals surface area contributed by atoms with Crippen molar-refractivity contribution >= 4 is 11.9 Å². The summed E-state index contributed by atoms with van der Waals surface area (Å²) in [5.74, 6) is -6.99. The van der Waals surface area contributed by atoms with Crippen molar-refractivity contribution in [3.8, 4) is 5.69 Å². The van der Waals surface area contributed by atoms with E-state index in [9.17, 15) is 37.4 Å². The Bertz CT molecular complexity index is 1360. The number of aromatic nitrogens is 2. The van der Waals surface area contributed by atoms with Gasteiger partial charge in [-0.25, -0.2) is 22.2 Å². The van der Waals surface area contributed by atoms with Gasteiger partial charge < -0.3 is 20.2 Å². The van der Waals surface area contributed by atoms with Crippen LogP contribution < -0.4 is 0 Å². The molecule has 0 aliphatic heterocycles. The van der Waals surface area contributed by atoms with Crippen molar-refractivity contribution in [3.63, 3.8) is 0 Å². The van der Waals surface area contributed by atoms with E-state index in [4.69, 9.17) is 5.11 Å². The molecule has 216 valence electrons. The lowest BCUT2D eigenvalue weighted by Gasteiger charge is -2.19. The van der Waals surface area contributed by atoms with E-state index < -0.39 is 53.8 Å². The van der Waals surface area contributed by atoms with E-state index in [1.54, 1.807) is 0 Å². The number of hydrogen-bond donors (Lipinski definition) is 3. The number of benzene rings is 2. The number of amides is 1. The zero-order chi connectivity index (χ0) is 29.7. The van der Waals surface area contributed by atoms with Gasteiger partial charge in [0.15, 0.2) is 23.1 Å². The molecular formula is C28H31F4N3O5. The van der Waals surface area contributed by atoms with Crippen LogP contribution in [0.15, 0.2) is 36.4 Å². The summed E-state index contributed by atoms with van der Waals surface area (Å²) in [5.41, 5.74) is 1.21. The van der Waals surface area contributed by atoms with Gasteiger partial charge in [-0.15, -0.1) is 0 Å². The molecule has 0 aliphatic carbocycles. The molecule has 40 heavy (non-hydrogen) atoms. The summed E-state index contributed by atoms with van der Waals surface area (Å²) in [6, 6.07) is 7.16. The minimum Gasteiger partial charge on any atom is -0.481 e. The molecule has 2 aromatic carbocycles. The van der Waals surface area contributed by atoms with Crippen molar-refractivity contribution < 1.29 is 42.5 Å². The maximum absolute atomic E-state index is 14.3. The molecule has 0 unspecified atom stereocenters. The molecule has 3 aromatic rings. The van der Waals surface area contributed by atoms with E-state index in [0.717, 1.165) is 17.0 Å². The number of carbonyl (C=O) groups excluding carboxylic acids is 1. The average Bonchev–Trinajstić information content (AvgIpc) is 3.27. The second-order valence-electron chi connectivity index (χ2n) is 9.93. The van der Waals surface area contributed by atoms with Crippen LogP contribution in [0.4, 0.5) is 17.6 Å². The SMILES string of the molecule is CC(C)c1c(C(=O)N(C)Cc2ccc(F)c(F)c2F)nn(-c2ccc(F)cc2)c1CC[C@@H](O)C[C@@H](O)CC(=O)O. The van der Waals surface area contributed by atoms with Crippen LogP contribution in [0.2, 0.25) is 0 Å². The predicted octanol–water partition coefficient (Wildman–Crippen LogP) is 4.34. The summed E-state index contributed by atoms with van der Waals surface area (Å²) in [6.45, 7) is 3.25. The van der Waals surface area contributed by atoms with Crippen molar-refractivity contribution in [2.24, 2.45) is 0 Å². The fraction of sp³-hybridized carbons (Fsp3) is 0.393. The number of carboxylic acid groups (broad SMARTS) is 1. The highest BCUT2D eigenvalue weighted by molar-refractivity contribution is 5.94. The Morgan fingerprint density at radius 1 is 0.975 bits per heavy atom. The van der Waals surface area contributed by atoms with Crippen molar-refractivity contribution in [1.82, 2.24) is 14.7 Å². The van der Waals surface area contributed by atoms with Crippen LogP contribution in [0.3, 0.4) is 0 Å². The van der Waals surface area contributed by atoms with Crippen molar-refractivity contribution in [3.05, 3.63) is 82.2 Å². The van der Waals surface area contributed by atoms with Gasteiger partial charge in [0.2, 0.25) is 0 Å². The smallest absolute Gasteiger partial charge is 0.305 e. The van der Waals surface area contributed by atoms with Gasteiger partial charge in [0.25, 0.3) is 5.91 Å². The van der Waals surface area contributed by atoms with Gasteiger partial charge in [0, 0.05) is 30.4 Å². The van der Waals surface area contributed by atoms with E-state index in [1.807, 2.05) is 13.8 Å². The molecule has 0 bridgehead atoms.